The number of nitrogens with two attached hydrogens (primary N) is 1. The largest absolute Gasteiger partial charge is 0.326 e. The molecule has 0 saturated carbocycles. The third kappa shape index (κ3) is 2.92. The molecule has 1 aromatic rings. The summed E-state index contributed by atoms with van der Waals surface area (Å²) in [6.45, 7) is 8.99. The molecule has 0 aromatic carbocycles. The maximum Gasteiger partial charge on any atom is 0.0594 e. The van der Waals surface area contributed by atoms with Crippen molar-refractivity contribution in [2.75, 3.05) is 13.1 Å². The molecule has 0 bridgehead atoms. The third-order valence-corrected chi connectivity index (χ3v) is 5.52. The Morgan fingerprint density at radius 3 is 2.82 bits per heavy atom. The Morgan fingerprint density at radius 1 is 1.59 bits per heavy atom. The van der Waals surface area contributed by atoms with Crippen LogP contribution in [-0.2, 0) is 0 Å². The molecule has 2 atom stereocenters. The van der Waals surface area contributed by atoms with Gasteiger partial charge in [-0.25, -0.2) is 0 Å². The second kappa shape index (κ2) is 5.39. The van der Waals surface area contributed by atoms with Gasteiger partial charge in [-0.15, -0.1) is 11.3 Å². The second-order valence-corrected chi connectivity index (χ2v) is 7.48. The van der Waals surface area contributed by atoms with Crippen LogP contribution in [0, 0.1) is 12.8 Å². The van der Waals surface area contributed by atoms with Crippen LogP contribution in [0.2, 0.25) is 0 Å². The standard InChI is InChI=1S/C13H21BrN2S/c1-8(2)7-16-5-4-11(15)13(16)12-6-10(14)9(3)17-12/h6,8,11,13H,4-5,7,15H2,1-3H3. The second-order valence-electron chi connectivity index (χ2n) is 5.34. The van der Waals surface area contributed by atoms with E-state index in [1.807, 2.05) is 11.3 Å². The molecule has 2 N–H and O–H groups in total. The van der Waals surface area contributed by atoms with Gasteiger partial charge in [0.2, 0.25) is 0 Å². The van der Waals surface area contributed by atoms with Crippen LogP contribution in [0.25, 0.3) is 0 Å². The lowest BCUT2D eigenvalue weighted by Gasteiger charge is -2.27. The van der Waals surface area contributed by atoms with Crippen molar-refractivity contribution in [2.45, 2.75) is 39.3 Å². The first kappa shape index (κ1) is 13.5. The third-order valence-electron chi connectivity index (χ3n) is 3.32. The van der Waals surface area contributed by atoms with Crippen LogP contribution in [0.4, 0.5) is 0 Å². The summed E-state index contributed by atoms with van der Waals surface area (Å²) >= 11 is 5.48. The van der Waals surface area contributed by atoms with Crippen LogP contribution < -0.4 is 5.73 Å². The average molecular weight is 317 g/mol. The quantitative estimate of drug-likeness (QED) is 0.924. The van der Waals surface area contributed by atoms with Gasteiger partial charge in [0, 0.05) is 33.4 Å². The zero-order chi connectivity index (χ0) is 12.6. The smallest absolute Gasteiger partial charge is 0.0594 e. The van der Waals surface area contributed by atoms with Crippen LogP contribution in [0.15, 0.2) is 10.5 Å². The number of aryl methyl sites for hydroxylation is 1. The van der Waals surface area contributed by atoms with Crippen molar-refractivity contribution in [1.82, 2.24) is 4.90 Å². The van der Waals surface area contributed by atoms with Crippen LogP contribution in [-0.4, -0.2) is 24.0 Å². The molecule has 2 rings (SSSR count). The van der Waals surface area contributed by atoms with E-state index >= 15 is 0 Å². The highest BCUT2D eigenvalue weighted by atomic mass is 79.9. The van der Waals surface area contributed by atoms with Crippen molar-refractivity contribution >= 4 is 27.3 Å². The van der Waals surface area contributed by atoms with Crippen molar-refractivity contribution in [1.29, 1.82) is 0 Å². The van der Waals surface area contributed by atoms with E-state index in [9.17, 15) is 0 Å². The SMILES string of the molecule is Cc1sc(C2C(N)CCN2CC(C)C)cc1Br. The van der Waals surface area contributed by atoms with Crippen LogP contribution >= 0.6 is 27.3 Å². The van der Waals surface area contributed by atoms with E-state index in [0.29, 0.717) is 18.0 Å². The summed E-state index contributed by atoms with van der Waals surface area (Å²) in [5.41, 5.74) is 6.29. The molecular formula is C13H21BrN2S. The van der Waals surface area contributed by atoms with E-state index in [-0.39, 0.29) is 0 Å². The molecule has 0 amide bonds. The number of rotatable bonds is 3. The van der Waals surface area contributed by atoms with Crippen LogP contribution in [0.1, 0.15) is 36.1 Å². The molecule has 1 saturated heterocycles. The lowest BCUT2D eigenvalue weighted by Crippen LogP contribution is -2.33. The molecule has 96 valence electrons. The Balaban J connectivity index is 2.21. The van der Waals surface area contributed by atoms with Gasteiger partial charge >= 0.3 is 0 Å². The Bertz CT molecular complexity index is 369. The minimum Gasteiger partial charge on any atom is -0.326 e. The monoisotopic (exact) mass is 316 g/mol. The number of hydrogen-bond acceptors (Lipinski definition) is 3. The van der Waals surface area contributed by atoms with Crippen LogP contribution in [0.5, 0.6) is 0 Å². The molecule has 2 unspecified atom stereocenters. The lowest BCUT2D eigenvalue weighted by molar-refractivity contribution is 0.224. The first-order valence-electron chi connectivity index (χ1n) is 6.24. The highest BCUT2D eigenvalue weighted by molar-refractivity contribution is 9.10. The zero-order valence-corrected chi connectivity index (χ0v) is 13.1. The summed E-state index contributed by atoms with van der Waals surface area (Å²) in [7, 11) is 0. The van der Waals surface area contributed by atoms with Gasteiger partial charge in [-0.2, -0.15) is 0 Å². The summed E-state index contributed by atoms with van der Waals surface area (Å²) in [4.78, 5) is 5.32. The molecule has 4 heteroatoms. The van der Waals surface area contributed by atoms with E-state index < -0.39 is 0 Å². The van der Waals surface area contributed by atoms with Crippen molar-refractivity contribution in [2.24, 2.45) is 11.7 Å². The summed E-state index contributed by atoms with van der Waals surface area (Å²) in [6.07, 6.45) is 1.12. The van der Waals surface area contributed by atoms with Gasteiger partial charge < -0.3 is 5.73 Å². The van der Waals surface area contributed by atoms with E-state index in [1.54, 1.807) is 0 Å². The lowest BCUT2D eigenvalue weighted by atomic mass is 10.1. The van der Waals surface area contributed by atoms with Gasteiger partial charge in [-0.1, -0.05) is 13.8 Å². The molecule has 17 heavy (non-hydrogen) atoms. The predicted octanol–water partition coefficient (Wildman–Crippen LogP) is 3.55. The predicted molar refractivity (Wildman–Crippen MR) is 78.5 cm³/mol. The zero-order valence-electron chi connectivity index (χ0n) is 10.7. The van der Waals surface area contributed by atoms with Gasteiger partial charge in [-0.05, 0) is 41.3 Å². The molecule has 1 aromatic heterocycles. The highest BCUT2D eigenvalue weighted by Gasteiger charge is 2.34. The van der Waals surface area contributed by atoms with E-state index in [4.69, 9.17) is 5.73 Å². The number of thiophene rings is 1. The van der Waals surface area contributed by atoms with Gasteiger partial charge in [0.05, 0.1) is 6.04 Å². The minimum absolute atomic E-state index is 0.290. The number of likely N-dealkylation sites (tertiary alicyclic amines) is 1. The first-order valence-corrected chi connectivity index (χ1v) is 7.85. The maximum atomic E-state index is 6.29. The molecular weight excluding hydrogens is 296 g/mol. The normalized spacial score (nSPS) is 26.0. The molecule has 0 aliphatic carbocycles. The van der Waals surface area contributed by atoms with E-state index in [2.05, 4.69) is 47.7 Å². The molecule has 1 aliphatic rings. The Kier molecular flexibility index (Phi) is 4.29. The molecule has 1 aliphatic heterocycles. The molecule has 0 spiro atoms. The van der Waals surface area contributed by atoms with Gasteiger partial charge in [-0.3, -0.25) is 4.90 Å². The van der Waals surface area contributed by atoms with Crippen molar-refractivity contribution in [3.05, 3.63) is 20.3 Å². The fourth-order valence-corrected chi connectivity index (χ4v) is 4.35. The van der Waals surface area contributed by atoms with Gasteiger partial charge in [0.25, 0.3) is 0 Å². The summed E-state index contributed by atoms with van der Waals surface area (Å²) in [5, 5.41) is 0. The number of halogens is 1. The van der Waals surface area contributed by atoms with Crippen molar-refractivity contribution in [3.8, 4) is 0 Å². The maximum absolute atomic E-state index is 6.29. The van der Waals surface area contributed by atoms with Crippen molar-refractivity contribution < 1.29 is 0 Å². The Labute approximate surface area is 116 Å². The van der Waals surface area contributed by atoms with Gasteiger partial charge in [0.1, 0.15) is 0 Å². The topological polar surface area (TPSA) is 29.3 Å². The Hall–Kier alpha value is 0.100. The number of hydrogen-bond donors (Lipinski definition) is 1. The summed E-state index contributed by atoms with van der Waals surface area (Å²) in [6, 6.07) is 2.97. The van der Waals surface area contributed by atoms with E-state index in [0.717, 1.165) is 19.5 Å². The molecule has 1 fully saturated rings. The summed E-state index contributed by atoms with van der Waals surface area (Å²) in [5.74, 6) is 0.701. The van der Waals surface area contributed by atoms with Gasteiger partial charge in [0.15, 0.2) is 0 Å². The molecule has 0 radical (unpaired) electrons. The molecule has 2 nitrogen and oxygen atoms in total. The number of nitrogens with zero attached hydrogens (tertiary/aromatic N) is 1. The molecule has 2 heterocycles. The fraction of sp³-hybridized carbons (Fsp3) is 0.692. The average Bonchev–Trinajstić information content (AvgIpc) is 2.71. The van der Waals surface area contributed by atoms with E-state index in [1.165, 1.54) is 14.2 Å². The highest BCUT2D eigenvalue weighted by Crippen LogP contribution is 2.38. The first-order chi connectivity index (χ1) is 7.99. The Morgan fingerprint density at radius 2 is 2.29 bits per heavy atom. The van der Waals surface area contributed by atoms with Crippen molar-refractivity contribution in [3.63, 3.8) is 0 Å². The minimum atomic E-state index is 0.290. The summed E-state index contributed by atoms with van der Waals surface area (Å²) < 4.78 is 1.22. The van der Waals surface area contributed by atoms with Crippen LogP contribution in [0.3, 0.4) is 0 Å². The fourth-order valence-electron chi connectivity index (χ4n) is 2.57.